The van der Waals surface area contributed by atoms with Gasteiger partial charge in [0, 0.05) is 45.7 Å². The van der Waals surface area contributed by atoms with Crippen molar-refractivity contribution >= 4 is 22.2 Å². The number of nitrogens with zero attached hydrogens (tertiary/aromatic N) is 2. The maximum atomic E-state index is 12.2. The number of hydrogen-bond acceptors (Lipinski definition) is 4. The van der Waals surface area contributed by atoms with Crippen LogP contribution in [-0.2, 0) is 4.79 Å². The van der Waals surface area contributed by atoms with E-state index < -0.39 is 0 Å². The Morgan fingerprint density at radius 1 is 1.56 bits per heavy atom. The summed E-state index contributed by atoms with van der Waals surface area (Å²) in [5.74, 6) is 0.198. The SMILES string of the molecule is CC(CC(=O)N(C)c1cccs1)N1CCNCC1. The number of amides is 1. The van der Waals surface area contributed by atoms with Crippen LogP contribution in [0.2, 0.25) is 0 Å². The number of carbonyl (C=O) groups is 1. The van der Waals surface area contributed by atoms with Gasteiger partial charge in [0.05, 0.1) is 5.00 Å². The highest BCUT2D eigenvalue weighted by Crippen LogP contribution is 2.21. The third-order valence-electron chi connectivity index (χ3n) is 3.46. The number of piperazine rings is 1. The quantitative estimate of drug-likeness (QED) is 0.895. The predicted molar refractivity (Wildman–Crippen MR) is 76.3 cm³/mol. The van der Waals surface area contributed by atoms with Crippen molar-refractivity contribution in [1.82, 2.24) is 10.2 Å². The van der Waals surface area contributed by atoms with E-state index in [-0.39, 0.29) is 5.91 Å². The minimum atomic E-state index is 0.198. The minimum absolute atomic E-state index is 0.198. The summed E-state index contributed by atoms with van der Waals surface area (Å²) in [6, 6.07) is 4.28. The molecule has 5 heteroatoms. The van der Waals surface area contributed by atoms with Gasteiger partial charge in [-0.3, -0.25) is 9.69 Å². The van der Waals surface area contributed by atoms with Crippen molar-refractivity contribution in [2.75, 3.05) is 38.1 Å². The van der Waals surface area contributed by atoms with Crippen LogP contribution in [0.4, 0.5) is 5.00 Å². The molecule has 1 aliphatic heterocycles. The second-order valence-electron chi connectivity index (χ2n) is 4.74. The van der Waals surface area contributed by atoms with Crippen LogP contribution in [0.1, 0.15) is 13.3 Å². The fourth-order valence-electron chi connectivity index (χ4n) is 2.23. The van der Waals surface area contributed by atoms with E-state index in [1.54, 1.807) is 16.2 Å². The number of hydrogen-bond donors (Lipinski definition) is 1. The molecule has 1 N–H and O–H groups in total. The molecule has 1 aromatic rings. The zero-order chi connectivity index (χ0) is 13.0. The van der Waals surface area contributed by atoms with Crippen molar-refractivity contribution in [3.63, 3.8) is 0 Å². The Balaban J connectivity index is 1.86. The predicted octanol–water partition coefficient (Wildman–Crippen LogP) is 1.39. The van der Waals surface area contributed by atoms with E-state index in [0.717, 1.165) is 31.2 Å². The van der Waals surface area contributed by atoms with Gasteiger partial charge >= 0.3 is 0 Å². The number of rotatable bonds is 4. The van der Waals surface area contributed by atoms with Crippen molar-refractivity contribution in [2.45, 2.75) is 19.4 Å². The molecule has 1 saturated heterocycles. The van der Waals surface area contributed by atoms with Crippen molar-refractivity contribution < 1.29 is 4.79 Å². The fraction of sp³-hybridized carbons (Fsp3) is 0.615. The first-order valence-corrected chi connectivity index (χ1v) is 7.31. The number of nitrogens with one attached hydrogen (secondary N) is 1. The molecular weight excluding hydrogens is 246 g/mol. The number of carbonyl (C=O) groups excluding carboxylic acids is 1. The molecule has 1 unspecified atom stereocenters. The van der Waals surface area contributed by atoms with E-state index in [0.29, 0.717) is 12.5 Å². The van der Waals surface area contributed by atoms with Crippen LogP contribution in [0.25, 0.3) is 0 Å². The normalized spacial score (nSPS) is 18.6. The van der Waals surface area contributed by atoms with Crippen molar-refractivity contribution in [2.24, 2.45) is 0 Å². The highest BCUT2D eigenvalue weighted by Gasteiger charge is 2.21. The summed E-state index contributed by atoms with van der Waals surface area (Å²) in [5.41, 5.74) is 0. The summed E-state index contributed by atoms with van der Waals surface area (Å²) >= 11 is 1.60. The molecule has 0 aliphatic carbocycles. The molecule has 18 heavy (non-hydrogen) atoms. The molecule has 1 aromatic heterocycles. The van der Waals surface area contributed by atoms with Gasteiger partial charge in [-0.15, -0.1) is 11.3 Å². The molecule has 0 spiro atoms. The average molecular weight is 267 g/mol. The monoisotopic (exact) mass is 267 g/mol. The van der Waals surface area contributed by atoms with Crippen molar-refractivity contribution in [3.8, 4) is 0 Å². The first kappa shape index (κ1) is 13.5. The van der Waals surface area contributed by atoms with Gasteiger partial charge in [-0.1, -0.05) is 0 Å². The molecule has 4 nitrogen and oxygen atoms in total. The highest BCUT2D eigenvalue weighted by atomic mass is 32.1. The average Bonchev–Trinajstić information content (AvgIpc) is 2.92. The van der Waals surface area contributed by atoms with E-state index in [4.69, 9.17) is 0 Å². The van der Waals surface area contributed by atoms with Crippen LogP contribution in [0.15, 0.2) is 17.5 Å². The Hall–Kier alpha value is -0.910. The zero-order valence-electron chi connectivity index (χ0n) is 11.1. The van der Waals surface area contributed by atoms with Gasteiger partial charge in [0.25, 0.3) is 0 Å². The maximum Gasteiger partial charge on any atom is 0.228 e. The van der Waals surface area contributed by atoms with E-state index in [1.807, 2.05) is 24.6 Å². The zero-order valence-corrected chi connectivity index (χ0v) is 11.9. The largest absolute Gasteiger partial charge is 0.314 e. The summed E-state index contributed by atoms with van der Waals surface area (Å²) in [6.07, 6.45) is 0.592. The van der Waals surface area contributed by atoms with Gasteiger partial charge in [0.2, 0.25) is 5.91 Å². The highest BCUT2D eigenvalue weighted by molar-refractivity contribution is 7.14. The molecule has 1 atom stereocenters. The summed E-state index contributed by atoms with van der Waals surface area (Å²) in [5, 5.41) is 6.35. The Morgan fingerprint density at radius 3 is 2.89 bits per heavy atom. The molecular formula is C13H21N3OS. The van der Waals surface area contributed by atoms with Crippen LogP contribution < -0.4 is 10.2 Å². The van der Waals surface area contributed by atoms with Crippen LogP contribution in [0, 0.1) is 0 Å². The van der Waals surface area contributed by atoms with Crippen LogP contribution in [0.3, 0.4) is 0 Å². The summed E-state index contributed by atoms with van der Waals surface area (Å²) in [7, 11) is 1.86. The lowest BCUT2D eigenvalue weighted by Crippen LogP contribution is -2.48. The van der Waals surface area contributed by atoms with Gasteiger partial charge in [-0.2, -0.15) is 0 Å². The third-order valence-corrected chi connectivity index (χ3v) is 4.40. The standard InChI is InChI=1S/C13H21N3OS/c1-11(16-7-5-14-6-8-16)10-12(17)15(2)13-4-3-9-18-13/h3-4,9,11,14H,5-8,10H2,1-2H3. The number of anilines is 1. The second kappa shape index (κ2) is 6.31. The Morgan fingerprint density at radius 2 is 2.28 bits per heavy atom. The molecule has 2 heterocycles. The van der Waals surface area contributed by atoms with Gasteiger partial charge in [0.15, 0.2) is 0 Å². The van der Waals surface area contributed by atoms with Gasteiger partial charge in [0.1, 0.15) is 0 Å². The molecule has 1 fully saturated rings. The van der Waals surface area contributed by atoms with Gasteiger partial charge in [-0.25, -0.2) is 0 Å². The topological polar surface area (TPSA) is 35.6 Å². The van der Waals surface area contributed by atoms with Crippen molar-refractivity contribution in [3.05, 3.63) is 17.5 Å². The summed E-state index contributed by atoms with van der Waals surface area (Å²) in [6.45, 7) is 6.28. The molecule has 2 rings (SSSR count). The fourth-order valence-corrected chi connectivity index (χ4v) is 2.94. The lowest BCUT2D eigenvalue weighted by atomic mass is 10.1. The number of thiophene rings is 1. The van der Waals surface area contributed by atoms with E-state index >= 15 is 0 Å². The first-order chi connectivity index (χ1) is 8.68. The molecule has 1 aliphatic rings. The molecule has 0 aromatic carbocycles. The second-order valence-corrected chi connectivity index (χ2v) is 5.67. The Kier molecular flexibility index (Phi) is 4.74. The lowest BCUT2D eigenvalue weighted by molar-refractivity contribution is -0.119. The van der Waals surface area contributed by atoms with Crippen LogP contribution >= 0.6 is 11.3 Å². The molecule has 0 saturated carbocycles. The van der Waals surface area contributed by atoms with Gasteiger partial charge in [-0.05, 0) is 24.4 Å². The Bertz CT molecular complexity index is 374. The van der Waals surface area contributed by atoms with E-state index in [1.165, 1.54) is 0 Å². The molecule has 0 radical (unpaired) electrons. The third kappa shape index (κ3) is 3.31. The lowest BCUT2D eigenvalue weighted by Gasteiger charge is -2.33. The van der Waals surface area contributed by atoms with Crippen LogP contribution in [0.5, 0.6) is 0 Å². The smallest absolute Gasteiger partial charge is 0.228 e. The first-order valence-electron chi connectivity index (χ1n) is 6.43. The van der Waals surface area contributed by atoms with Gasteiger partial charge < -0.3 is 10.2 Å². The molecule has 0 bridgehead atoms. The van der Waals surface area contributed by atoms with E-state index in [2.05, 4.69) is 17.1 Å². The van der Waals surface area contributed by atoms with Crippen LogP contribution in [-0.4, -0.2) is 50.1 Å². The van der Waals surface area contributed by atoms with Crippen molar-refractivity contribution in [1.29, 1.82) is 0 Å². The Labute approximate surface area is 113 Å². The molecule has 100 valence electrons. The maximum absolute atomic E-state index is 12.2. The van der Waals surface area contributed by atoms with E-state index in [9.17, 15) is 4.79 Å². The summed E-state index contributed by atoms with van der Waals surface area (Å²) in [4.78, 5) is 16.3. The molecule has 1 amide bonds. The summed E-state index contributed by atoms with van der Waals surface area (Å²) < 4.78 is 0. The minimum Gasteiger partial charge on any atom is -0.314 e.